The van der Waals surface area contributed by atoms with E-state index in [0.29, 0.717) is 28.4 Å². The second-order valence-electron chi connectivity index (χ2n) is 6.07. The van der Waals surface area contributed by atoms with Crippen LogP contribution < -0.4 is 15.4 Å². The van der Waals surface area contributed by atoms with Crippen molar-refractivity contribution in [3.63, 3.8) is 0 Å². The summed E-state index contributed by atoms with van der Waals surface area (Å²) < 4.78 is 10.6. The summed E-state index contributed by atoms with van der Waals surface area (Å²) >= 11 is 0. The number of benzene rings is 2. The Kier molecular flexibility index (Phi) is 5.21. The highest BCUT2D eigenvalue weighted by Crippen LogP contribution is 2.32. The molecule has 0 aliphatic rings. The maximum absolute atomic E-state index is 12.2. The van der Waals surface area contributed by atoms with Crippen LogP contribution in [0.4, 0.5) is 11.4 Å². The molecule has 1 heterocycles. The lowest BCUT2D eigenvalue weighted by atomic mass is 10.1. The molecule has 1 aromatic heterocycles. The van der Waals surface area contributed by atoms with E-state index in [9.17, 15) is 9.59 Å². The standard InChI is InChI=1S/C20H19N3O4/c1-12-6-13(2)8-15(7-12)23-20(25)19(24)22-14-4-5-16(17(9-14)26-3)18-10-21-11-27-18/h4-11H,1-3H3,(H,22,24)(H,23,25). The first kappa shape index (κ1) is 18.2. The molecule has 0 radical (unpaired) electrons. The van der Waals surface area contributed by atoms with E-state index in [1.165, 1.54) is 13.5 Å². The third kappa shape index (κ3) is 4.33. The number of hydrogen-bond donors (Lipinski definition) is 2. The number of methoxy groups -OCH3 is 1. The smallest absolute Gasteiger partial charge is 0.314 e. The molecule has 3 rings (SSSR count). The normalized spacial score (nSPS) is 10.3. The fourth-order valence-corrected chi connectivity index (χ4v) is 2.74. The maximum Gasteiger partial charge on any atom is 0.314 e. The van der Waals surface area contributed by atoms with Gasteiger partial charge in [-0.3, -0.25) is 9.59 Å². The molecule has 27 heavy (non-hydrogen) atoms. The fraction of sp³-hybridized carbons (Fsp3) is 0.150. The van der Waals surface area contributed by atoms with Crippen LogP contribution in [0, 0.1) is 13.8 Å². The second kappa shape index (κ2) is 7.74. The van der Waals surface area contributed by atoms with Gasteiger partial charge in [0, 0.05) is 17.4 Å². The van der Waals surface area contributed by atoms with Gasteiger partial charge in [0.15, 0.2) is 12.2 Å². The van der Waals surface area contributed by atoms with Crippen molar-refractivity contribution < 1.29 is 18.7 Å². The van der Waals surface area contributed by atoms with Gasteiger partial charge >= 0.3 is 11.8 Å². The molecule has 0 atom stereocenters. The molecular formula is C20H19N3O4. The van der Waals surface area contributed by atoms with Gasteiger partial charge in [0.2, 0.25) is 0 Å². The monoisotopic (exact) mass is 365 g/mol. The van der Waals surface area contributed by atoms with Crippen LogP contribution in [-0.4, -0.2) is 23.9 Å². The number of carbonyl (C=O) groups excluding carboxylic acids is 2. The molecule has 0 spiro atoms. The molecule has 3 aromatic rings. The summed E-state index contributed by atoms with van der Waals surface area (Å²) in [6, 6.07) is 10.6. The Morgan fingerprint density at radius 1 is 0.963 bits per heavy atom. The van der Waals surface area contributed by atoms with E-state index < -0.39 is 11.8 Å². The molecule has 7 nitrogen and oxygen atoms in total. The summed E-state index contributed by atoms with van der Waals surface area (Å²) in [6.45, 7) is 3.84. The summed E-state index contributed by atoms with van der Waals surface area (Å²) in [4.78, 5) is 28.3. The largest absolute Gasteiger partial charge is 0.496 e. The average molecular weight is 365 g/mol. The van der Waals surface area contributed by atoms with Gasteiger partial charge in [-0.1, -0.05) is 6.07 Å². The number of nitrogens with zero attached hydrogens (tertiary/aromatic N) is 1. The summed E-state index contributed by atoms with van der Waals surface area (Å²) in [6.07, 6.45) is 2.88. The lowest BCUT2D eigenvalue weighted by Crippen LogP contribution is -2.29. The van der Waals surface area contributed by atoms with Crippen molar-refractivity contribution >= 4 is 23.2 Å². The number of aromatic nitrogens is 1. The summed E-state index contributed by atoms with van der Waals surface area (Å²) in [5, 5.41) is 5.16. The molecule has 2 amide bonds. The zero-order valence-corrected chi connectivity index (χ0v) is 15.2. The van der Waals surface area contributed by atoms with Gasteiger partial charge in [-0.2, -0.15) is 0 Å². The van der Waals surface area contributed by atoms with Gasteiger partial charge in [0.1, 0.15) is 5.75 Å². The zero-order valence-electron chi connectivity index (χ0n) is 15.2. The Morgan fingerprint density at radius 3 is 2.22 bits per heavy atom. The minimum atomic E-state index is -0.774. The number of carbonyl (C=O) groups is 2. The van der Waals surface area contributed by atoms with Crippen molar-refractivity contribution in [2.45, 2.75) is 13.8 Å². The maximum atomic E-state index is 12.2. The third-order valence-electron chi connectivity index (χ3n) is 3.84. The second-order valence-corrected chi connectivity index (χ2v) is 6.07. The van der Waals surface area contributed by atoms with Crippen molar-refractivity contribution in [3.8, 4) is 17.1 Å². The van der Waals surface area contributed by atoms with Crippen LogP contribution in [-0.2, 0) is 9.59 Å². The Labute approximate surface area is 156 Å². The molecule has 7 heteroatoms. The SMILES string of the molecule is COc1cc(NC(=O)C(=O)Nc2cc(C)cc(C)c2)ccc1-c1cnco1. The Balaban J connectivity index is 1.72. The molecule has 0 aliphatic heterocycles. The Morgan fingerprint density at radius 2 is 1.63 bits per heavy atom. The highest BCUT2D eigenvalue weighted by molar-refractivity contribution is 6.43. The number of oxazole rings is 1. The van der Waals surface area contributed by atoms with Crippen molar-refractivity contribution in [3.05, 3.63) is 60.1 Å². The lowest BCUT2D eigenvalue weighted by molar-refractivity contribution is -0.132. The van der Waals surface area contributed by atoms with E-state index in [1.807, 2.05) is 19.9 Å². The highest BCUT2D eigenvalue weighted by Gasteiger charge is 2.16. The minimum Gasteiger partial charge on any atom is -0.496 e. The number of amides is 2. The Hall–Kier alpha value is -3.61. The predicted molar refractivity (Wildman–Crippen MR) is 102 cm³/mol. The van der Waals surface area contributed by atoms with Gasteiger partial charge in [-0.25, -0.2) is 4.98 Å². The van der Waals surface area contributed by atoms with Crippen molar-refractivity contribution in [2.75, 3.05) is 17.7 Å². The zero-order chi connectivity index (χ0) is 19.4. The number of aryl methyl sites for hydroxylation is 2. The lowest BCUT2D eigenvalue weighted by Gasteiger charge is -2.11. The summed E-state index contributed by atoms with van der Waals surface area (Å²) in [7, 11) is 1.51. The van der Waals surface area contributed by atoms with Crippen LogP contribution in [0.5, 0.6) is 5.75 Å². The van der Waals surface area contributed by atoms with Crippen LogP contribution in [0.1, 0.15) is 11.1 Å². The third-order valence-corrected chi connectivity index (χ3v) is 3.84. The molecule has 0 saturated carbocycles. The van der Waals surface area contributed by atoms with Gasteiger partial charge < -0.3 is 19.8 Å². The number of anilines is 2. The van der Waals surface area contributed by atoms with Crippen LogP contribution in [0.15, 0.2) is 53.4 Å². The quantitative estimate of drug-likeness (QED) is 0.690. The Bertz CT molecular complexity index is 961. The van der Waals surface area contributed by atoms with Gasteiger partial charge in [0.05, 0.1) is 18.9 Å². The molecule has 0 unspecified atom stereocenters. The molecule has 2 aromatic carbocycles. The summed E-state index contributed by atoms with van der Waals surface area (Å²) in [5.74, 6) is -0.501. The van der Waals surface area contributed by atoms with E-state index in [2.05, 4.69) is 15.6 Å². The first-order valence-corrected chi connectivity index (χ1v) is 8.24. The molecule has 0 aliphatic carbocycles. The average Bonchev–Trinajstić information content (AvgIpc) is 3.15. The van der Waals surface area contributed by atoms with E-state index >= 15 is 0 Å². The van der Waals surface area contributed by atoms with E-state index in [4.69, 9.17) is 9.15 Å². The number of hydrogen-bond acceptors (Lipinski definition) is 5. The van der Waals surface area contributed by atoms with Crippen LogP contribution in [0.3, 0.4) is 0 Å². The molecule has 0 fully saturated rings. The number of ether oxygens (including phenoxy) is 1. The first-order chi connectivity index (χ1) is 13.0. The highest BCUT2D eigenvalue weighted by atomic mass is 16.5. The minimum absolute atomic E-state index is 0.427. The van der Waals surface area contributed by atoms with Crippen LogP contribution in [0.25, 0.3) is 11.3 Å². The molecular weight excluding hydrogens is 346 g/mol. The van der Waals surface area contributed by atoms with Gasteiger partial charge in [0.25, 0.3) is 0 Å². The summed E-state index contributed by atoms with van der Waals surface area (Å²) in [5.41, 5.74) is 3.69. The fourth-order valence-electron chi connectivity index (χ4n) is 2.74. The number of rotatable bonds is 4. The van der Waals surface area contributed by atoms with E-state index in [0.717, 1.165) is 11.1 Å². The van der Waals surface area contributed by atoms with E-state index in [-0.39, 0.29) is 0 Å². The first-order valence-electron chi connectivity index (χ1n) is 8.24. The predicted octanol–water partition coefficient (Wildman–Crippen LogP) is 3.54. The molecule has 0 bridgehead atoms. The topological polar surface area (TPSA) is 93.5 Å². The van der Waals surface area contributed by atoms with Gasteiger partial charge in [-0.15, -0.1) is 0 Å². The van der Waals surface area contributed by atoms with E-state index in [1.54, 1.807) is 36.5 Å². The molecule has 2 N–H and O–H groups in total. The molecule has 0 saturated heterocycles. The van der Waals surface area contributed by atoms with Gasteiger partial charge in [-0.05, 0) is 49.2 Å². The molecule has 138 valence electrons. The van der Waals surface area contributed by atoms with Crippen LogP contribution >= 0.6 is 0 Å². The van der Waals surface area contributed by atoms with Crippen molar-refractivity contribution in [1.82, 2.24) is 4.98 Å². The van der Waals surface area contributed by atoms with Crippen molar-refractivity contribution in [1.29, 1.82) is 0 Å². The van der Waals surface area contributed by atoms with Crippen molar-refractivity contribution in [2.24, 2.45) is 0 Å². The van der Waals surface area contributed by atoms with Crippen LogP contribution in [0.2, 0.25) is 0 Å². The number of nitrogens with one attached hydrogen (secondary N) is 2.